The largest absolute Gasteiger partial charge is 0.492 e. The first-order valence-electron chi connectivity index (χ1n) is 9.82. The molecule has 1 heterocycles. The molecule has 0 bridgehead atoms. The molecule has 0 radical (unpaired) electrons. The Morgan fingerprint density at radius 2 is 1.97 bits per heavy atom. The Kier molecular flexibility index (Phi) is 5.40. The molecule has 1 aliphatic heterocycles. The van der Waals surface area contributed by atoms with Crippen LogP contribution >= 0.6 is 0 Å². The van der Waals surface area contributed by atoms with Crippen molar-refractivity contribution in [3.05, 3.63) is 59.2 Å². The van der Waals surface area contributed by atoms with Gasteiger partial charge in [0.15, 0.2) is 0 Å². The van der Waals surface area contributed by atoms with E-state index in [1.54, 1.807) is 18.2 Å². The number of hydrogen-bond acceptors (Lipinski definition) is 3. The summed E-state index contributed by atoms with van der Waals surface area (Å²) in [6, 6.07) is 10.8. The quantitative estimate of drug-likeness (QED) is 0.700. The Balaban J connectivity index is 1.26. The maximum absolute atomic E-state index is 13.2. The van der Waals surface area contributed by atoms with Gasteiger partial charge < -0.3 is 15.4 Å². The average Bonchev–Trinajstić information content (AvgIpc) is 3.51. The number of rotatable bonds is 6. The monoisotopic (exact) mass is 418 g/mol. The maximum Gasteiger partial charge on any atom is 0.416 e. The van der Waals surface area contributed by atoms with Crippen molar-refractivity contribution < 1.29 is 27.5 Å². The molecule has 2 unspecified atom stereocenters. The van der Waals surface area contributed by atoms with Crippen LogP contribution in [0.5, 0.6) is 5.75 Å². The van der Waals surface area contributed by atoms with Crippen LogP contribution in [-0.4, -0.2) is 25.0 Å². The first kappa shape index (κ1) is 20.3. The summed E-state index contributed by atoms with van der Waals surface area (Å²) in [6.07, 6.45) is -2.92. The van der Waals surface area contributed by atoms with Crippen LogP contribution in [0.1, 0.15) is 35.4 Å². The number of fused-ring (bicyclic) bond motifs is 1. The summed E-state index contributed by atoms with van der Waals surface area (Å²) in [5, 5.41) is 5.54. The minimum Gasteiger partial charge on any atom is -0.492 e. The highest BCUT2D eigenvalue weighted by Crippen LogP contribution is 2.51. The molecule has 2 aliphatic rings. The first-order valence-corrected chi connectivity index (χ1v) is 9.82. The second kappa shape index (κ2) is 8.01. The summed E-state index contributed by atoms with van der Waals surface area (Å²) < 4.78 is 45.1. The van der Waals surface area contributed by atoms with Gasteiger partial charge in [-0.25, -0.2) is 0 Å². The molecule has 1 fully saturated rings. The van der Waals surface area contributed by atoms with E-state index >= 15 is 0 Å². The fourth-order valence-corrected chi connectivity index (χ4v) is 3.83. The van der Waals surface area contributed by atoms with E-state index in [4.69, 9.17) is 4.74 Å². The van der Waals surface area contributed by atoms with Gasteiger partial charge in [-0.1, -0.05) is 18.2 Å². The van der Waals surface area contributed by atoms with Crippen LogP contribution in [0, 0.1) is 5.92 Å². The first-order chi connectivity index (χ1) is 14.3. The smallest absolute Gasteiger partial charge is 0.416 e. The molecule has 8 heteroatoms. The molecule has 4 rings (SSSR count). The highest BCUT2D eigenvalue weighted by atomic mass is 19.4. The van der Waals surface area contributed by atoms with E-state index in [0.29, 0.717) is 25.0 Å². The zero-order valence-electron chi connectivity index (χ0n) is 16.1. The van der Waals surface area contributed by atoms with E-state index in [1.165, 1.54) is 12.1 Å². The number of nitrogens with one attached hydrogen (secondary N) is 2. The number of hydrogen-bond donors (Lipinski definition) is 2. The Morgan fingerprint density at radius 1 is 1.17 bits per heavy atom. The van der Waals surface area contributed by atoms with Crippen molar-refractivity contribution in [2.75, 3.05) is 18.5 Å². The highest BCUT2D eigenvalue weighted by molar-refractivity contribution is 5.94. The lowest BCUT2D eigenvalue weighted by molar-refractivity contribution is -0.138. The minimum atomic E-state index is -4.42. The van der Waals surface area contributed by atoms with Gasteiger partial charge in [0.1, 0.15) is 12.4 Å². The molecule has 0 saturated heterocycles. The molecule has 2 aromatic rings. The number of aryl methyl sites for hydroxylation is 1. The Morgan fingerprint density at radius 3 is 2.77 bits per heavy atom. The lowest BCUT2D eigenvalue weighted by Crippen LogP contribution is -2.29. The number of amides is 2. The lowest BCUT2D eigenvalue weighted by Gasteiger charge is -2.17. The van der Waals surface area contributed by atoms with Crippen LogP contribution in [0.25, 0.3) is 0 Å². The molecule has 2 aromatic carbocycles. The van der Waals surface area contributed by atoms with Crippen molar-refractivity contribution in [1.29, 1.82) is 0 Å². The van der Waals surface area contributed by atoms with Crippen LogP contribution in [0.15, 0.2) is 42.5 Å². The van der Waals surface area contributed by atoms with Gasteiger partial charge in [0.25, 0.3) is 0 Å². The molecule has 1 saturated carbocycles. The molecular formula is C22H21F3N2O3. The molecule has 30 heavy (non-hydrogen) atoms. The number of benzene rings is 2. The Labute approximate surface area is 171 Å². The number of carbonyl (C=O) groups is 2. The minimum absolute atomic E-state index is 0.00452. The van der Waals surface area contributed by atoms with Gasteiger partial charge in [0.2, 0.25) is 11.8 Å². The van der Waals surface area contributed by atoms with Crippen LogP contribution in [0.4, 0.5) is 18.9 Å². The van der Waals surface area contributed by atoms with Crippen LogP contribution in [0.3, 0.4) is 0 Å². The molecular weight excluding hydrogens is 397 g/mol. The maximum atomic E-state index is 13.2. The standard InChI is InChI=1S/C22H21F3N2O3/c23-22(24,25)18-4-2-1-3-15(18)16-12-17(16)21(29)26-9-10-30-14-6-7-19-13(11-14)5-8-20(28)27-19/h1-4,6-7,11,16-17H,5,8-10,12H2,(H,26,29)(H,27,28). The van der Waals surface area contributed by atoms with E-state index < -0.39 is 23.6 Å². The van der Waals surface area contributed by atoms with Gasteiger partial charge in [-0.15, -0.1) is 0 Å². The summed E-state index contributed by atoms with van der Waals surface area (Å²) in [7, 11) is 0. The third-order valence-electron chi connectivity index (χ3n) is 5.44. The number of alkyl halides is 3. The predicted molar refractivity (Wildman–Crippen MR) is 104 cm³/mol. The van der Waals surface area contributed by atoms with Gasteiger partial charge in [0, 0.05) is 18.0 Å². The second-order valence-electron chi connectivity index (χ2n) is 7.54. The topological polar surface area (TPSA) is 67.4 Å². The predicted octanol–water partition coefficient (Wildman–Crippen LogP) is 3.89. The van der Waals surface area contributed by atoms with Crippen molar-refractivity contribution in [2.45, 2.75) is 31.4 Å². The van der Waals surface area contributed by atoms with Crippen molar-refractivity contribution in [1.82, 2.24) is 5.32 Å². The van der Waals surface area contributed by atoms with Crippen molar-refractivity contribution in [3.8, 4) is 5.75 Å². The van der Waals surface area contributed by atoms with Gasteiger partial charge in [0.05, 0.1) is 12.1 Å². The molecule has 0 spiro atoms. The van der Waals surface area contributed by atoms with Gasteiger partial charge in [-0.2, -0.15) is 13.2 Å². The van der Waals surface area contributed by atoms with Gasteiger partial charge in [-0.3, -0.25) is 9.59 Å². The molecule has 1 aliphatic carbocycles. The molecule has 0 aromatic heterocycles. The fraction of sp³-hybridized carbons (Fsp3) is 0.364. The Hall–Kier alpha value is -3.03. The Bertz CT molecular complexity index is 974. The highest BCUT2D eigenvalue weighted by Gasteiger charge is 2.47. The van der Waals surface area contributed by atoms with E-state index in [-0.39, 0.29) is 30.5 Å². The normalized spacial score (nSPS) is 20.2. The zero-order valence-corrected chi connectivity index (χ0v) is 16.1. The summed E-state index contributed by atoms with van der Waals surface area (Å²) in [4.78, 5) is 23.7. The van der Waals surface area contributed by atoms with E-state index in [2.05, 4.69) is 10.6 Å². The average molecular weight is 418 g/mol. The number of carbonyl (C=O) groups excluding carboxylic acids is 2. The van der Waals surface area contributed by atoms with Gasteiger partial charge in [-0.05, 0) is 54.2 Å². The number of anilines is 1. The second-order valence-corrected chi connectivity index (χ2v) is 7.54. The van der Waals surface area contributed by atoms with Crippen molar-refractivity contribution >= 4 is 17.5 Å². The van der Waals surface area contributed by atoms with E-state index in [9.17, 15) is 22.8 Å². The lowest BCUT2D eigenvalue weighted by atomic mass is 10.0. The van der Waals surface area contributed by atoms with Crippen LogP contribution in [-0.2, 0) is 22.2 Å². The zero-order chi connectivity index (χ0) is 21.3. The third-order valence-corrected chi connectivity index (χ3v) is 5.44. The fourth-order valence-electron chi connectivity index (χ4n) is 3.83. The molecule has 5 nitrogen and oxygen atoms in total. The number of ether oxygens (including phenoxy) is 1. The van der Waals surface area contributed by atoms with Crippen molar-refractivity contribution in [3.63, 3.8) is 0 Å². The van der Waals surface area contributed by atoms with Crippen LogP contribution in [0.2, 0.25) is 0 Å². The van der Waals surface area contributed by atoms with Crippen molar-refractivity contribution in [2.24, 2.45) is 5.92 Å². The summed E-state index contributed by atoms with van der Waals surface area (Å²) >= 11 is 0. The molecule has 2 atom stereocenters. The summed E-state index contributed by atoms with van der Waals surface area (Å²) in [5.41, 5.74) is 1.30. The van der Waals surface area contributed by atoms with E-state index in [1.807, 2.05) is 6.07 Å². The van der Waals surface area contributed by atoms with Gasteiger partial charge >= 0.3 is 6.18 Å². The molecule has 2 N–H and O–H groups in total. The number of halogens is 3. The third kappa shape index (κ3) is 4.42. The molecule has 2 amide bonds. The summed E-state index contributed by atoms with van der Waals surface area (Å²) in [6.45, 7) is 0.504. The summed E-state index contributed by atoms with van der Waals surface area (Å²) in [5.74, 6) is -0.466. The van der Waals surface area contributed by atoms with Crippen LogP contribution < -0.4 is 15.4 Å². The molecule has 158 valence electrons. The SMILES string of the molecule is O=C1CCc2cc(OCCNC(=O)C3CC3c3ccccc3C(F)(F)F)ccc2N1. The van der Waals surface area contributed by atoms with E-state index in [0.717, 1.165) is 17.3 Å².